The lowest BCUT2D eigenvalue weighted by Gasteiger charge is -2.44. The number of hydrogen-bond donors (Lipinski definition) is 0. The van der Waals surface area contributed by atoms with E-state index in [9.17, 15) is 0 Å². The average Bonchev–Trinajstić information content (AvgIpc) is 2.95. The number of rotatable bonds is 4. The molecule has 1 heterocycles. The summed E-state index contributed by atoms with van der Waals surface area (Å²) in [5.74, 6) is 0. The number of hydrogen-bond acceptors (Lipinski definition) is 2. The molecule has 1 fully saturated rings. The third-order valence-electron chi connectivity index (χ3n) is 5.50. The van der Waals surface area contributed by atoms with Gasteiger partial charge in [-0.15, -0.1) is 0 Å². The highest BCUT2D eigenvalue weighted by Gasteiger charge is 2.50. The van der Waals surface area contributed by atoms with Crippen LogP contribution in [-0.2, 0) is 13.1 Å². The van der Waals surface area contributed by atoms with Gasteiger partial charge in [0.1, 0.15) is 0 Å². The zero-order valence-corrected chi connectivity index (χ0v) is 17.8. The predicted molar refractivity (Wildman–Crippen MR) is 115 cm³/mol. The lowest BCUT2D eigenvalue weighted by molar-refractivity contribution is 0.0715. The smallest absolute Gasteiger partial charge is 0.0933 e. The fraction of sp³-hybridized carbons (Fsp3) is 0.480. The molecule has 2 aromatic carbocycles. The van der Waals surface area contributed by atoms with E-state index in [4.69, 9.17) is 0 Å². The Labute approximate surface area is 166 Å². The molecule has 2 heteroatoms. The molecule has 1 aliphatic rings. The second-order valence-electron chi connectivity index (χ2n) is 10.1. The van der Waals surface area contributed by atoms with E-state index in [1.807, 2.05) is 0 Å². The Morgan fingerprint density at radius 3 is 1.22 bits per heavy atom. The Hall–Kier alpha value is -1.64. The summed E-state index contributed by atoms with van der Waals surface area (Å²) >= 11 is 0. The third-order valence-corrected chi connectivity index (χ3v) is 5.50. The van der Waals surface area contributed by atoms with Gasteiger partial charge < -0.3 is 0 Å². The Kier molecular flexibility index (Phi) is 5.79. The van der Waals surface area contributed by atoms with Crippen molar-refractivity contribution in [3.05, 3.63) is 78.5 Å². The van der Waals surface area contributed by atoms with Crippen molar-refractivity contribution in [2.24, 2.45) is 10.8 Å². The first-order valence-corrected chi connectivity index (χ1v) is 10.1. The van der Waals surface area contributed by atoms with Crippen LogP contribution in [-0.4, -0.2) is 21.9 Å². The van der Waals surface area contributed by atoms with Crippen LogP contribution in [0.25, 0.3) is 0 Å². The highest BCUT2D eigenvalue weighted by Crippen LogP contribution is 2.44. The monoisotopic (exact) mass is 363 g/mol. The molecule has 145 valence electrons. The standard InChI is InChI=1S/C25H35N2/c1-24(2,3)22-23(25(4,5)6)27(18-21-15-11-8-12-16-21)19-26(22)17-20-13-9-7-10-14-20/h7-16,19,22-23H,17-18H2,1-6H3/t22-,23-/m0/s1. The second kappa shape index (κ2) is 7.77. The fourth-order valence-corrected chi connectivity index (χ4v) is 4.51. The maximum absolute atomic E-state index is 2.58. The minimum Gasteiger partial charge on any atom is -0.276 e. The molecular weight excluding hydrogens is 328 g/mol. The lowest BCUT2D eigenvalue weighted by atomic mass is 9.72. The summed E-state index contributed by atoms with van der Waals surface area (Å²) in [5.41, 5.74) is 3.12. The second-order valence-corrected chi connectivity index (χ2v) is 10.1. The summed E-state index contributed by atoms with van der Waals surface area (Å²) in [7, 11) is 0. The van der Waals surface area contributed by atoms with Gasteiger partial charge in [0.2, 0.25) is 0 Å². The van der Waals surface area contributed by atoms with Crippen molar-refractivity contribution in [3.8, 4) is 0 Å². The predicted octanol–water partition coefficient (Wildman–Crippen LogP) is 5.95. The lowest BCUT2D eigenvalue weighted by Crippen LogP contribution is -2.51. The highest BCUT2D eigenvalue weighted by atomic mass is 15.4. The van der Waals surface area contributed by atoms with E-state index in [0.29, 0.717) is 12.1 Å². The van der Waals surface area contributed by atoms with Crippen LogP contribution in [0.15, 0.2) is 60.7 Å². The molecule has 0 aliphatic carbocycles. The third kappa shape index (κ3) is 4.80. The molecule has 1 saturated heterocycles. The molecule has 0 spiro atoms. The Morgan fingerprint density at radius 1 is 0.593 bits per heavy atom. The van der Waals surface area contributed by atoms with Gasteiger partial charge in [-0.25, -0.2) is 0 Å². The maximum atomic E-state index is 2.58. The molecule has 0 bridgehead atoms. The van der Waals surface area contributed by atoms with E-state index in [-0.39, 0.29) is 10.8 Å². The van der Waals surface area contributed by atoms with Gasteiger partial charge in [0.05, 0.1) is 6.67 Å². The normalized spacial score (nSPS) is 22.3. The van der Waals surface area contributed by atoms with E-state index >= 15 is 0 Å². The van der Waals surface area contributed by atoms with E-state index in [1.54, 1.807) is 0 Å². The van der Waals surface area contributed by atoms with Gasteiger partial charge in [-0.05, 0) is 22.0 Å². The van der Waals surface area contributed by atoms with Gasteiger partial charge in [-0.2, -0.15) is 0 Å². The van der Waals surface area contributed by atoms with E-state index in [0.717, 1.165) is 13.1 Å². The van der Waals surface area contributed by atoms with Gasteiger partial charge in [0.15, 0.2) is 0 Å². The fourth-order valence-electron chi connectivity index (χ4n) is 4.51. The van der Waals surface area contributed by atoms with Crippen molar-refractivity contribution < 1.29 is 0 Å². The van der Waals surface area contributed by atoms with Crippen LogP contribution < -0.4 is 0 Å². The largest absolute Gasteiger partial charge is 0.276 e. The molecule has 0 N–H and O–H groups in total. The minimum atomic E-state index is 0.189. The van der Waals surface area contributed by atoms with Crippen molar-refractivity contribution in [1.82, 2.24) is 9.80 Å². The summed E-state index contributed by atoms with van der Waals surface area (Å²) in [6, 6.07) is 22.6. The van der Waals surface area contributed by atoms with Crippen LogP contribution in [0, 0.1) is 17.5 Å². The Bertz CT molecular complexity index is 646. The van der Waals surface area contributed by atoms with Crippen LogP contribution >= 0.6 is 0 Å². The minimum absolute atomic E-state index is 0.189. The van der Waals surface area contributed by atoms with Gasteiger partial charge >= 0.3 is 0 Å². The first kappa shape index (κ1) is 20.1. The van der Waals surface area contributed by atoms with Gasteiger partial charge in [0, 0.05) is 25.2 Å². The van der Waals surface area contributed by atoms with Crippen LogP contribution in [0.5, 0.6) is 0 Å². The Morgan fingerprint density at radius 2 is 0.926 bits per heavy atom. The summed E-state index contributed by atoms with van der Waals surface area (Å²) in [5, 5.41) is 0. The average molecular weight is 364 g/mol. The van der Waals surface area contributed by atoms with Crippen LogP contribution in [0.1, 0.15) is 52.7 Å². The summed E-state index contributed by atoms with van der Waals surface area (Å²) in [6.07, 6.45) is 0. The van der Waals surface area contributed by atoms with E-state index in [1.165, 1.54) is 11.1 Å². The van der Waals surface area contributed by atoms with Gasteiger partial charge in [-0.1, -0.05) is 102 Å². The molecule has 2 atom stereocenters. The molecule has 0 unspecified atom stereocenters. The molecular formula is C25H35N2. The first-order valence-electron chi connectivity index (χ1n) is 10.1. The summed E-state index contributed by atoms with van der Waals surface area (Å²) in [4.78, 5) is 5.16. The Balaban J connectivity index is 1.93. The maximum Gasteiger partial charge on any atom is 0.0933 e. The first-order chi connectivity index (χ1) is 12.7. The van der Waals surface area contributed by atoms with Gasteiger partial charge in [-0.3, -0.25) is 9.80 Å². The zero-order chi connectivity index (χ0) is 19.7. The number of benzene rings is 2. The van der Waals surface area contributed by atoms with Crippen molar-refractivity contribution in [2.45, 2.75) is 66.7 Å². The van der Waals surface area contributed by atoms with Crippen LogP contribution in [0.2, 0.25) is 0 Å². The molecule has 27 heavy (non-hydrogen) atoms. The summed E-state index contributed by atoms with van der Waals surface area (Å²) in [6.45, 7) is 18.6. The molecule has 0 amide bonds. The quantitative estimate of drug-likeness (QED) is 0.662. The van der Waals surface area contributed by atoms with E-state index in [2.05, 4.69) is 119 Å². The molecule has 2 nitrogen and oxygen atoms in total. The summed E-state index contributed by atoms with van der Waals surface area (Å²) < 4.78 is 0. The number of nitrogens with zero attached hydrogens (tertiary/aromatic N) is 2. The SMILES string of the molecule is CC(C)(C)[C@@H]1[C@@H](C(C)(C)C)N(Cc2ccccc2)[CH]N1Cc1ccccc1. The van der Waals surface area contributed by atoms with Crippen molar-refractivity contribution >= 4 is 0 Å². The zero-order valence-electron chi connectivity index (χ0n) is 17.8. The van der Waals surface area contributed by atoms with Crippen molar-refractivity contribution in [2.75, 3.05) is 0 Å². The van der Waals surface area contributed by atoms with E-state index < -0.39 is 0 Å². The molecule has 1 radical (unpaired) electrons. The van der Waals surface area contributed by atoms with Crippen LogP contribution in [0.3, 0.4) is 0 Å². The van der Waals surface area contributed by atoms with Gasteiger partial charge in [0.25, 0.3) is 0 Å². The van der Waals surface area contributed by atoms with Crippen LogP contribution in [0.4, 0.5) is 0 Å². The molecule has 3 rings (SSSR count). The topological polar surface area (TPSA) is 6.48 Å². The molecule has 2 aromatic rings. The van der Waals surface area contributed by atoms with Crippen molar-refractivity contribution in [1.29, 1.82) is 0 Å². The molecule has 1 aliphatic heterocycles. The van der Waals surface area contributed by atoms with Crippen molar-refractivity contribution in [3.63, 3.8) is 0 Å². The molecule has 0 aromatic heterocycles. The molecule has 0 saturated carbocycles. The highest BCUT2D eigenvalue weighted by molar-refractivity contribution is 5.19.